The Labute approximate surface area is 122 Å². The Bertz CT molecular complexity index is 740. The van der Waals surface area contributed by atoms with E-state index < -0.39 is 10.0 Å². The summed E-state index contributed by atoms with van der Waals surface area (Å²) in [6.07, 6.45) is 1.75. The van der Waals surface area contributed by atoms with Gasteiger partial charge in [0, 0.05) is 13.2 Å². The van der Waals surface area contributed by atoms with E-state index in [9.17, 15) is 8.42 Å². The monoisotopic (exact) mass is 314 g/mol. The summed E-state index contributed by atoms with van der Waals surface area (Å²) in [5.41, 5.74) is 7.06. The Hall–Kier alpha value is -1.57. The summed E-state index contributed by atoms with van der Waals surface area (Å²) in [6, 6.07) is 4.64. The highest BCUT2D eigenvalue weighted by molar-refractivity contribution is 7.89. The van der Waals surface area contributed by atoms with Gasteiger partial charge < -0.3 is 5.73 Å². The van der Waals surface area contributed by atoms with Gasteiger partial charge in [-0.05, 0) is 30.7 Å². The average molecular weight is 315 g/mol. The average Bonchev–Trinajstić information content (AvgIpc) is 2.77. The van der Waals surface area contributed by atoms with Crippen LogP contribution in [0.25, 0.3) is 0 Å². The van der Waals surface area contributed by atoms with E-state index >= 15 is 0 Å². The molecule has 3 N–H and O–H groups in total. The Kier molecular flexibility index (Phi) is 4.03. The molecule has 0 spiro atoms. The van der Waals surface area contributed by atoms with Gasteiger partial charge >= 0.3 is 0 Å². The molecule has 0 aliphatic carbocycles. The minimum absolute atomic E-state index is 0.116. The second kappa shape index (κ2) is 5.43. The van der Waals surface area contributed by atoms with Gasteiger partial charge in [0.15, 0.2) is 0 Å². The number of aromatic nitrogens is 2. The zero-order valence-corrected chi connectivity index (χ0v) is 12.7. The molecule has 20 heavy (non-hydrogen) atoms. The van der Waals surface area contributed by atoms with Crippen molar-refractivity contribution in [3.8, 4) is 0 Å². The van der Waals surface area contributed by atoms with Gasteiger partial charge in [0.05, 0.1) is 27.8 Å². The minimum Gasteiger partial charge on any atom is -0.397 e. The summed E-state index contributed by atoms with van der Waals surface area (Å²) in [6.45, 7) is 1.78. The summed E-state index contributed by atoms with van der Waals surface area (Å²) in [5, 5.41) is 4.44. The lowest BCUT2D eigenvalue weighted by molar-refractivity contribution is 0.579. The number of nitrogens with one attached hydrogen (secondary N) is 1. The molecule has 1 aromatic carbocycles. The molecule has 0 atom stereocenters. The number of hydrogen-bond acceptors (Lipinski definition) is 4. The van der Waals surface area contributed by atoms with Gasteiger partial charge in [-0.25, -0.2) is 13.1 Å². The highest BCUT2D eigenvalue weighted by atomic mass is 35.5. The number of halogens is 1. The van der Waals surface area contributed by atoms with Crippen LogP contribution in [0.2, 0.25) is 5.02 Å². The standard InChI is InChI=1S/C12H15ClN4O2S/c1-8-5-10(13)11(14)6-12(8)20(18,19)15-7-9-3-4-17(2)16-9/h3-6,15H,7,14H2,1-2H3. The van der Waals surface area contributed by atoms with Crippen molar-refractivity contribution in [3.05, 3.63) is 40.7 Å². The number of nitrogens with zero attached hydrogens (tertiary/aromatic N) is 2. The Morgan fingerprint density at radius 2 is 2.15 bits per heavy atom. The molecule has 6 nitrogen and oxygen atoms in total. The predicted octanol–water partition coefficient (Wildman–Crippen LogP) is 1.44. The fourth-order valence-electron chi connectivity index (χ4n) is 1.76. The molecule has 2 aromatic rings. The third-order valence-corrected chi connectivity index (χ3v) is 4.67. The van der Waals surface area contributed by atoms with Gasteiger partial charge in [-0.1, -0.05) is 11.6 Å². The lowest BCUT2D eigenvalue weighted by Crippen LogP contribution is -2.24. The molecule has 0 saturated carbocycles. The van der Waals surface area contributed by atoms with Crippen molar-refractivity contribution in [2.24, 2.45) is 7.05 Å². The van der Waals surface area contributed by atoms with Crippen LogP contribution >= 0.6 is 11.6 Å². The zero-order chi connectivity index (χ0) is 14.9. The highest BCUT2D eigenvalue weighted by Gasteiger charge is 2.18. The van der Waals surface area contributed by atoms with Crippen molar-refractivity contribution in [2.75, 3.05) is 5.73 Å². The van der Waals surface area contributed by atoms with Crippen molar-refractivity contribution < 1.29 is 8.42 Å². The van der Waals surface area contributed by atoms with E-state index in [4.69, 9.17) is 17.3 Å². The lowest BCUT2D eigenvalue weighted by Gasteiger charge is -2.10. The maximum Gasteiger partial charge on any atom is 0.241 e. The van der Waals surface area contributed by atoms with E-state index in [2.05, 4.69) is 9.82 Å². The maximum atomic E-state index is 12.3. The fraction of sp³-hybridized carbons (Fsp3) is 0.250. The van der Waals surface area contributed by atoms with E-state index in [-0.39, 0.29) is 17.1 Å². The van der Waals surface area contributed by atoms with Crippen LogP contribution in [-0.2, 0) is 23.6 Å². The third-order valence-electron chi connectivity index (χ3n) is 2.80. The van der Waals surface area contributed by atoms with E-state index in [1.54, 1.807) is 30.9 Å². The molecular formula is C12H15ClN4O2S. The Morgan fingerprint density at radius 1 is 1.45 bits per heavy atom. The first-order valence-electron chi connectivity index (χ1n) is 5.83. The molecule has 2 rings (SSSR count). The first kappa shape index (κ1) is 14.8. The number of anilines is 1. The molecule has 0 bridgehead atoms. The van der Waals surface area contributed by atoms with Gasteiger partial charge in [-0.3, -0.25) is 4.68 Å². The molecule has 0 aliphatic heterocycles. The van der Waals surface area contributed by atoms with Crippen LogP contribution in [0.3, 0.4) is 0 Å². The second-order valence-corrected chi connectivity index (χ2v) is 6.59. The quantitative estimate of drug-likeness (QED) is 0.836. The van der Waals surface area contributed by atoms with Crippen LogP contribution in [0.1, 0.15) is 11.3 Å². The molecule has 0 unspecified atom stereocenters. The number of nitrogen functional groups attached to an aromatic ring is 1. The van der Waals surface area contributed by atoms with Gasteiger partial charge in [0.25, 0.3) is 0 Å². The van der Waals surface area contributed by atoms with Gasteiger partial charge in [-0.15, -0.1) is 0 Å². The van der Waals surface area contributed by atoms with Crippen molar-refractivity contribution in [2.45, 2.75) is 18.4 Å². The molecule has 1 aromatic heterocycles. The first-order chi connectivity index (χ1) is 9.29. The van der Waals surface area contributed by atoms with Gasteiger partial charge in [0.2, 0.25) is 10.0 Å². The first-order valence-corrected chi connectivity index (χ1v) is 7.69. The van der Waals surface area contributed by atoms with E-state index in [1.165, 1.54) is 12.1 Å². The molecule has 0 aliphatic rings. The topological polar surface area (TPSA) is 90.0 Å². The van der Waals surface area contributed by atoms with Crippen LogP contribution in [0, 0.1) is 6.92 Å². The van der Waals surface area contributed by atoms with Gasteiger partial charge in [-0.2, -0.15) is 5.10 Å². The van der Waals surface area contributed by atoms with Crippen LogP contribution in [0.15, 0.2) is 29.3 Å². The Balaban J connectivity index is 2.24. The van der Waals surface area contributed by atoms with E-state index in [1.807, 2.05) is 0 Å². The van der Waals surface area contributed by atoms with E-state index in [0.29, 0.717) is 16.3 Å². The van der Waals surface area contributed by atoms with Crippen molar-refractivity contribution in [1.82, 2.24) is 14.5 Å². The van der Waals surface area contributed by atoms with Gasteiger partial charge in [0.1, 0.15) is 0 Å². The summed E-state index contributed by atoms with van der Waals surface area (Å²) in [5.74, 6) is 0. The van der Waals surface area contributed by atoms with Crippen molar-refractivity contribution in [1.29, 1.82) is 0 Å². The molecule has 0 saturated heterocycles. The second-order valence-electron chi connectivity index (χ2n) is 4.44. The molecule has 8 heteroatoms. The fourth-order valence-corrected chi connectivity index (χ4v) is 3.24. The molecule has 0 radical (unpaired) electrons. The number of benzene rings is 1. The molecule has 0 fully saturated rings. The summed E-state index contributed by atoms with van der Waals surface area (Å²) >= 11 is 5.86. The minimum atomic E-state index is -3.66. The number of hydrogen-bond donors (Lipinski definition) is 2. The van der Waals surface area contributed by atoms with Crippen LogP contribution in [0.4, 0.5) is 5.69 Å². The zero-order valence-electron chi connectivity index (χ0n) is 11.1. The summed E-state index contributed by atoms with van der Waals surface area (Å²) in [4.78, 5) is 0.121. The predicted molar refractivity (Wildman–Crippen MR) is 77.8 cm³/mol. The molecule has 1 heterocycles. The SMILES string of the molecule is Cc1cc(Cl)c(N)cc1S(=O)(=O)NCc1ccn(C)n1. The Morgan fingerprint density at radius 3 is 2.75 bits per heavy atom. The summed E-state index contributed by atoms with van der Waals surface area (Å²) < 4.78 is 28.6. The van der Waals surface area contributed by atoms with Crippen molar-refractivity contribution in [3.63, 3.8) is 0 Å². The summed E-state index contributed by atoms with van der Waals surface area (Å²) in [7, 11) is -1.89. The van der Waals surface area contributed by atoms with E-state index in [0.717, 1.165) is 0 Å². The number of sulfonamides is 1. The highest BCUT2D eigenvalue weighted by Crippen LogP contribution is 2.26. The molecular weight excluding hydrogens is 300 g/mol. The lowest BCUT2D eigenvalue weighted by atomic mass is 10.2. The van der Waals surface area contributed by atoms with Crippen molar-refractivity contribution >= 4 is 27.3 Å². The maximum absolute atomic E-state index is 12.3. The third kappa shape index (κ3) is 3.12. The molecule has 108 valence electrons. The normalized spacial score (nSPS) is 11.8. The smallest absolute Gasteiger partial charge is 0.241 e. The molecule has 0 amide bonds. The van der Waals surface area contributed by atoms with Crippen LogP contribution in [0.5, 0.6) is 0 Å². The largest absolute Gasteiger partial charge is 0.397 e. The van der Waals surface area contributed by atoms with Crippen LogP contribution in [-0.4, -0.2) is 18.2 Å². The number of aryl methyl sites for hydroxylation is 2. The number of nitrogens with two attached hydrogens (primary N) is 1. The van der Waals surface area contributed by atoms with Crippen LogP contribution < -0.4 is 10.5 Å². The number of rotatable bonds is 4.